The Balaban J connectivity index is 1.60. The summed E-state index contributed by atoms with van der Waals surface area (Å²) >= 11 is 0. The first-order valence-electron chi connectivity index (χ1n) is 8.67. The van der Waals surface area contributed by atoms with Crippen molar-refractivity contribution in [1.82, 2.24) is 0 Å². The molecule has 134 valence electrons. The maximum absolute atomic E-state index is 12.3. The molecule has 1 saturated heterocycles. The van der Waals surface area contributed by atoms with Crippen molar-refractivity contribution in [2.45, 2.75) is 58.5 Å². The summed E-state index contributed by atoms with van der Waals surface area (Å²) in [4.78, 5) is 23.7. The van der Waals surface area contributed by atoms with Crippen LogP contribution in [0.1, 0.15) is 40.0 Å². The van der Waals surface area contributed by atoms with E-state index < -0.39 is 36.4 Å². The summed E-state index contributed by atoms with van der Waals surface area (Å²) in [6.45, 7) is 5.90. The summed E-state index contributed by atoms with van der Waals surface area (Å²) in [6.07, 6.45) is 3.70. The Bertz CT molecular complexity index is 741. The number of aliphatic hydroxyl groups excluding tert-OH is 1. The molecular formula is C19H22O6. The Morgan fingerprint density at radius 2 is 2.04 bits per heavy atom. The van der Waals surface area contributed by atoms with Gasteiger partial charge < -0.3 is 19.3 Å². The summed E-state index contributed by atoms with van der Waals surface area (Å²) in [7, 11) is 0. The van der Waals surface area contributed by atoms with Crippen molar-refractivity contribution in [1.29, 1.82) is 0 Å². The predicted octanol–water partition coefficient (Wildman–Crippen LogP) is 2.14. The highest BCUT2D eigenvalue weighted by molar-refractivity contribution is 5.93. The first kappa shape index (κ1) is 16.4. The van der Waals surface area contributed by atoms with E-state index in [0.29, 0.717) is 11.1 Å². The summed E-state index contributed by atoms with van der Waals surface area (Å²) in [5.74, 6) is -1.36. The summed E-state index contributed by atoms with van der Waals surface area (Å²) in [5.41, 5.74) is 2.75. The number of hydrogen-bond donors (Lipinski definition) is 1. The number of hydrogen-bond acceptors (Lipinski definition) is 6. The SMILES string of the molecule is CC1=C[C@@H](O/C=C2/C(=O)O[C@H]3C4=C(CCCC4(C)C)[C@H](O)[C@@H]23)OC1=O. The van der Waals surface area contributed by atoms with Gasteiger partial charge in [0, 0.05) is 11.6 Å². The molecule has 0 aromatic rings. The molecule has 0 aromatic heterocycles. The Hall–Kier alpha value is -2.08. The lowest BCUT2D eigenvalue weighted by Crippen LogP contribution is -2.27. The van der Waals surface area contributed by atoms with Gasteiger partial charge in [-0.2, -0.15) is 0 Å². The lowest BCUT2D eigenvalue weighted by molar-refractivity contribution is -0.152. The number of fused-ring (bicyclic) bond motifs is 2. The molecule has 6 nitrogen and oxygen atoms in total. The van der Waals surface area contributed by atoms with Crippen molar-refractivity contribution in [2.24, 2.45) is 11.3 Å². The number of aliphatic hydroxyl groups is 1. The largest absolute Gasteiger partial charge is 0.458 e. The molecule has 0 saturated carbocycles. The van der Waals surface area contributed by atoms with Crippen molar-refractivity contribution >= 4 is 11.9 Å². The number of ether oxygens (including phenoxy) is 3. The molecule has 2 aliphatic carbocycles. The van der Waals surface area contributed by atoms with Gasteiger partial charge in [0.15, 0.2) is 0 Å². The zero-order chi connectivity index (χ0) is 17.9. The molecule has 0 unspecified atom stereocenters. The fraction of sp³-hybridized carbons (Fsp3) is 0.579. The van der Waals surface area contributed by atoms with E-state index in [2.05, 4.69) is 13.8 Å². The van der Waals surface area contributed by atoms with Crippen molar-refractivity contribution < 1.29 is 28.9 Å². The normalized spacial score (nSPS) is 37.6. The van der Waals surface area contributed by atoms with Crippen LogP contribution in [0.25, 0.3) is 0 Å². The maximum atomic E-state index is 12.3. The average molecular weight is 346 g/mol. The molecular weight excluding hydrogens is 324 g/mol. The molecule has 2 aliphatic heterocycles. The molecule has 0 amide bonds. The van der Waals surface area contributed by atoms with Crippen LogP contribution in [0, 0.1) is 11.3 Å². The lowest BCUT2D eigenvalue weighted by Gasteiger charge is -2.34. The smallest absolute Gasteiger partial charge is 0.338 e. The van der Waals surface area contributed by atoms with E-state index in [1.165, 1.54) is 6.26 Å². The monoisotopic (exact) mass is 346 g/mol. The second kappa shape index (κ2) is 5.46. The van der Waals surface area contributed by atoms with Crippen molar-refractivity contribution in [3.63, 3.8) is 0 Å². The molecule has 0 bridgehead atoms. The molecule has 1 N–H and O–H groups in total. The van der Waals surface area contributed by atoms with Crippen LogP contribution in [0.4, 0.5) is 0 Å². The third kappa shape index (κ3) is 2.42. The van der Waals surface area contributed by atoms with E-state index in [9.17, 15) is 14.7 Å². The van der Waals surface area contributed by atoms with Gasteiger partial charge in [0.25, 0.3) is 6.29 Å². The third-order valence-electron chi connectivity index (χ3n) is 5.72. The van der Waals surface area contributed by atoms with Gasteiger partial charge in [-0.05, 0) is 42.7 Å². The van der Waals surface area contributed by atoms with Gasteiger partial charge in [-0.25, -0.2) is 9.59 Å². The van der Waals surface area contributed by atoms with Gasteiger partial charge in [0.05, 0.1) is 23.9 Å². The van der Waals surface area contributed by atoms with E-state index >= 15 is 0 Å². The maximum Gasteiger partial charge on any atom is 0.338 e. The van der Waals surface area contributed by atoms with E-state index in [-0.39, 0.29) is 5.41 Å². The predicted molar refractivity (Wildman–Crippen MR) is 86.8 cm³/mol. The number of esters is 2. The van der Waals surface area contributed by atoms with Crippen LogP contribution < -0.4 is 0 Å². The van der Waals surface area contributed by atoms with E-state index in [1.807, 2.05) is 0 Å². The van der Waals surface area contributed by atoms with Gasteiger partial charge in [0.1, 0.15) is 6.10 Å². The van der Waals surface area contributed by atoms with E-state index in [1.54, 1.807) is 13.0 Å². The highest BCUT2D eigenvalue weighted by Gasteiger charge is 2.56. The molecule has 25 heavy (non-hydrogen) atoms. The van der Waals surface area contributed by atoms with Crippen LogP contribution in [0.15, 0.2) is 34.6 Å². The molecule has 2 heterocycles. The zero-order valence-corrected chi connectivity index (χ0v) is 14.6. The molecule has 4 rings (SSSR count). The van der Waals surface area contributed by atoms with Gasteiger partial charge in [0.2, 0.25) is 0 Å². The average Bonchev–Trinajstić information content (AvgIpc) is 3.11. The zero-order valence-electron chi connectivity index (χ0n) is 14.6. The Morgan fingerprint density at radius 1 is 1.28 bits per heavy atom. The fourth-order valence-corrected chi connectivity index (χ4v) is 4.49. The quantitative estimate of drug-likeness (QED) is 0.357. The van der Waals surface area contributed by atoms with Crippen molar-refractivity contribution in [3.8, 4) is 0 Å². The number of cyclic esters (lactones) is 1. The third-order valence-corrected chi connectivity index (χ3v) is 5.72. The lowest BCUT2D eigenvalue weighted by atomic mass is 9.72. The van der Waals surface area contributed by atoms with Crippen molar-refractivity contribution in [3.05, 3.63) is 34.6 Å². The van der Waals surface area contributed by atoms with Crippen LogP contribution >= 0.6 is 0 Å². The van der Waals surface area contributed by atoms with Crippen LogP contribution in [-0.4, -0.2) is 35.5 Å². The molecule has 4 aliphatic rings. The number of carbonyl (C=O) groups excluding carboxylic acids is 2. The second-order valence-electron chi connectivity index (χ2n) is 7.81. The first-order chi connectivity index (χ1) is 11.8. The van der Waals surface area contributed by atoms with Gasteiger partial charge in [-0.3, -0.25) is 0 Å². The van der Waals surface area contributed by atoms with Gasteiger partial charge in [-0.15, -0.1) is 0 Å². The van der Waals surface area contributed by atoms with Gasteiger partial charge >= 0.3 is 11.9 Å². The molecule has 1 fully saturated rings. The highest BCUT2D eigenvalue weighted by Crippen LogP contribution is 2.54. The minimum absolute atomic E-state index is 0.0919. The van der Waals surface area contributed by atoms with Crippen LogP contribution in [0.5, 0.6) is 0 Å². The summed E-state index contributed by atoms with van der Waals surface area (Å²) < 4.78 is 16.1. The number of rotatable bonds is 2. The van der Waals surface area contributed by atoms with E-state index in [0.717, 1.165) is 30.4 Å². The standard InChI is InChI=1S/C19H22O6/c1-9-7-12(24-17(9)21)23-8-11-13-15(20)10-5-4-6-19(2,3)14(10)16(13)25-18(11)22/h7-8,12-13,15-16,20H,4-6H2,1-3H3/b11-8+/t12-,13+,15-,16+/m0/s1. The second-order valence-corrected chi connectivity index (χ2v) is 7.81. The van der Waals surface area contributed by atoms with Crippen LogP contribution in [0.3, 0.4) is 0 Å². The first-order valence-corrected chi connectivity index (χ1v) is 8.67. The topological polar surface area (TPSA) is 82.1 Å². The highest BCUT2D eigenvalue weighted by atomic mass is 16.7. The molecule has 0 radical (unpaired) electrons. The van der Waals surface area contributed by atoms with Crippen LogP contribution in [0.2, 0.25) is 0 Å². The Labute approximate surface area is 146 Å². The van der Waals surface area contributed by atoms with E-state index in [4.69, 9.17) is 14.2 Å². The Morgan fingerprint density at radius 3 is 2.72 bits per heavy atom. The molecule has 6 heteroatoms. The summed E-state index contributed by atoms with van der Waals surface area (Å²) in [5, 5.41) is 10.8. The molecule has 0 aromatic carbocycles. The Kier molecular flexibility index (Phi) is 3.58. The molecule has 0 spiro atoms. The number of carbonyl (C=O) groups is 2. The minimum atomic E-state index is -0.843. The van der Waals surface area contributed by atoms with Crippen molar-refractivity contribution in [2.75, 3.05) is 0 Å². The summed E-state index contributed by atoms with van der Waals surface area (Å²) in [6, 6.07) is 0. The molecule has 4 atom stereocenters. The van der Waals surface area contributed by atoms with Gasteiger partial charge in [-0.1, -0.05) is 13.8 Å². The van der Waals surface area contributed by atoms with Crippen LogP contribution in [-0.2, 0) is 23.8 Å². The fourth-order valence-electron chi connectivity index (χ4n) is 4.49. The minimum Gasteiger partial charge on any atom is -0.458 e.